The van der Waals surface area contributed by atoms with Gasteiger partial charge in [0.1, 0.15) is 5.75 Å². The highest BCUT2D eigenvalue weighted by atomic mass is 127. The Morgan fingerprint density at radius 1 is 1.28 bits per heavy atom. The fourth-order valence-electron chi connectivity index (χ4n) is 3.90. The Labute approximate surface area is 196 Å². The van der Waals surface area contributed by atoms with Gasteiger partial charge in [0.15, 0.2) is 5.96 Å². The van der Waals surface area contributed by atoms with E-state index in [2.05, 4.69) is 46.4 Å². The lowest BCUT2D eigenvalue weighted by Gasteiger charge is -2.42. The van der Waals surface area contributed by atoms with Gasteiger partial charge in [0, 0.05) is 31.9 Å². The summed E-state index contributed by atoms with van der Waals surface area (Å²) in [5.74, 6) is 4.24. The lowest BCUT2D eigenvalue weighted by atomic mass is 9.96. The zero-order valence-electron chi connectivity index (χ0n) is 17.6. The average Bonchev–Trinajstić information content (AvgIpc) is 3.23. The number of benzene rings is 1. The molecule has 0 bridgehead atoms. The highest BCUT2D eigenvalue weighted by molar-refractivity contribution is 14.0. The van der Waals surface area contributed by atoms with Gasteiger partial charge in [0.25, 0.3) is 0 Å². The van der Waals surface area contributed by atoms with Gasteiger partial charge >= 0.3 is 0 Å². The summed E-state index contributed by atoms with van der Waals surface area (Å²) in [6, 6.07) is 8.19. The van der Waals surface area contributed by atoms with Gasteiger partial charge in [0.2, 0.25) is 0 Å². The first-order chi connectivity index (χ1) is 13.8. The maximum absolute atomic E-state index is 5.56. The number of rotatable bonds is 8. The Morgan fingerprint density at radius 2 is 2.07 bits per heavy atom. The molecule has 6 nitrogen and oxygen atoms in total. The lowest BCUT2D eigenvalue weighted by molar-refractivity contribution is -0.0104. The minimum Gasteiger partial charge on any atom is -0.496 e. The Bertz CT molecular complexity index is 635. The van der Waals surface area contributed by atoms with Crippen molar-refractivity contribution in [1.29, 1.82) is 0 Å². The molecule has 2 aliphatic heterocycles. The number of halogens is 1. The van der Waals surface area contributed by atoms with E-state index in [4.69, 9.17) is 14.5 Å². The molecule has 8 heteroatoms. The van der Waals surface area contributed by atoms with Crippen LogP contribution in [0.2, 0.25) is 0 Å². The van der Waals surface area contributed by atoms with Crippen molar-refractivity contribution in [1.82, 2.24) is 15.5 Å². The maximum atomic E-state index is 5.56. The van der Waals surface area contributed by atoms with Crippen LogP contribution in [0, 0.1) is 0 Å². The molecule has 2 saturated heterocycles. The molecule has 3 rings (SSSR count). The Morgan fingerprint density at radius 3 is 2.76 bits per heavy atom. The van der Waals surface area contributed by atoms with Crippen molar-refractivity contribution in [2.75, 3.05) is 64.6 Å². The molecule has 2 fully saturated rings. The normalized spacial score (nSPS) is 22.8. The van der Waals surface area contributed by atoms with Crippen LogP contribution in [0.15, 0.2) is 29.3 Å². The van der Waals surface area contributed by atoms with Gasteiger partial charge < -0.3 is 20.1 Å². The fraction of sp³-hybridized carbons (Fsp3) is 0.667. The van der Waals surface area contributed by atoms with E-state index in [0.717, 1.165) is 69.8 Å². The summed E-state index contributed by atoms with van der Waals surface area (Å²) in [5, 5.41) is 6.90. The van der Waals surface area contributed by atoms with E-state index < -0.39 is 0 Å². The van der Waals surface area contributed by atoms with Crippen LogP contribution in [0.25, 0.3) is 0 Å². The van der Waals surface area contributed by atoms with Gasteiger partial charge in [0.05, 0.1) is 32.4 Å². The number of aliphatic imine (C=N–C) groups is 1. The molecule has 2 aliphatic rings. The summed E-state index contributed by atoms with van der Waals surface area (Å²) in [6.45, 7) is 8.36. The largest absolute Gasteiger partial charge is 0.496 e. The first-order valence-electron chi connectivity index (χ1n) is 10.3. The summed E-state index contributed by atoms with van der Waals surface area (Å²) < 4.78 is 11.0. The molecule has 2 heterocycles. The molecule has 0 saturated carbocycles. The summed E-state index contributed by atoms with van der Waals surface area (Å²) in [4.78, 5) is 7.59. The van der Waals surface area contributed by atoms with Crippen molar-refractivity contribution < 1.29 is 9.47 Å². The minimum absolute atomic E-state index is 0. The van der Waals surface area contributed by atoms with Crippen LogP contribution in [0.3, 0.4) is 0 Å². The highest BCUT2D eigenvalue weighted by Crippen LogP contribution is 2.34. The van der Waals surface area contributed by atoms with Crippen LogP contribution in [0.1, 0.15) is 18.9 Å². The summed E-state index contributed by atoms with van der Waals surface area (Å²) >= 11 is 2.05. The average molecular weight is 535 g/mol. The van der Waals surface area contributed by atoms with Crippen LogP contribution >= 0.6 is 35.7 Å². The number of hydrogen-bond donors (Lipinski definition) is 2. The first kappa shape index (κ1) is 24.6. The Hall–Kier alpha value is -0.710. The topological polar surface area (TPSA) is 58.1 Å². The molecular weight excluding hydrogens is 499 g/mol. The molecular formula is C21H35IN4O2S. The highest BCUT2D eigenvalue weighted by Gasteiger charge is 2.40. The predicted octanol–water partition coefficient (Wildman–Crippen LogP) is 2.62. The van der Waals surface area contributed by atoms with Gasteiger partial charge in [-0.3, -0.25) is 9.89 Å². The van der Waals surface area contributed by atoms with Gasteiger partial charge in [-0.1, -0.05) is 18.2 Å². The van der Waals surface area contributed by atoms with E-state index in [0.29, 0.717) is 0 Å². The fourth-order valence-corrected chi connectivity index (χ4v) is 5.37. The second-order valence-corrected chi connectivity index (χ2v) is 8.42. The smallest absolute Gasteiger partial charge is 0.191 e. The van der Waals surface area contributed by atoms with Gasteiger partial charge in [-0.2, -0.15) is 11.8 Å². The molecule has 0 aromatic heterocycles. The van der Waals surface area contributed by atoms with Crippen LogP contribution in [0.5, 0.6) is 5.75 Å². The third-order valence-electron chi connectivity index (χ3n) is 5.52. The number of morpholine rings is 1. The number of guanidine groups is 1. The molecule has 1 atom stereocenters. The zero-order chi connectivity index (χ0) is 19.7. The third-order valence-corrected chi connectivity index (χ3v) is 6.75. The van der Waals surface area contributed by atoms with Gasteiger partial charge in [-0.25, -0.2) is 0 Å². The van der Waals surface area contributed by atoms with Crippen LogP contribution in [-0.4, -0.2) is 81.0 Å². The van der Waals surface area contributed by atoms with Crippen molar-refractivity contribution in [3.05, 3.63) is 29.8 Å². The monoisotopic (exact) mass is 534 g/mol. The van der Waals surface area contributed by atoms with E-state index in [9.17, 15) is 0 Å². The van der Waals surface area contributed by atoms with Crippen molar-refractivity contribution in [2.45, 2.75) is 25.3 Å². The number of nitrogens with zero attached hydrogens (tertiary/aromatic N) is 2. The molecule has 1 aromatic rings. The molecule has 164 valence electrons. The molecule has 2 N–H and O–H groups in total. The molecule has 0 radical (unpaired) electrons. The zero-order valence-corrected chi connectivity index (χ0v) is 20.8. The van der Waals surface area contributed by atoms with Gasteiger partial charge in [-0.15, -0.1) is 24.0 Å². The number of para-hydroxylation sites is 1. The molecule has 1 unspecified atom stereocenters. The van der Waals surface area contributed by atoms with Crippen molar-refractivity contribution in [3.8, 4) is 5.75 Å². The molecule has 0 amide bonds. The van der Waals surface area contributed by atoms with E-state index in [1.165, 1.54) is 17.7 Å². The van der Waals surface area contributed by atoms with E-state index >= 15 is 0 Å². The lowest BCUT2D eigenvalue weighted by Crippen LogP contribution is -2.56. The SMILES string of the molecule is CCNC(=NCC1(N2CCOCC2)CCSC1)NCCc1ccccc1OC.I. The molecule has 0 aliphatic carbocycles. The molecule has 0 spiro atoms. The number of nitrogens with one attached hydrogen (secondary N) is 2. The number of hydrogen-bond acceptors (Lipinski definition) is 5. The van der Waals surface area contributed by atoms with Crippen molar-refractivity contribution in [2.24, 2.45) is 4.99 Å². The summed E-state index contributed by atoms with van der Waals surface area (Å²) in [7, 11) is 1.72. The Balaban J connectivity index is 0.00000300. The predicted molar refractivity (Wildman–Crippen MR) is 133 cm³/mol. The van der Waals surface area contributed by atoms with Crippen molar-refractivity contribution in [3.63, 3.8) is 0 Å². The van der Waals surface area contributed by atoms with E-state index in [1.54, 1.807) is 7.11 Å². The number of methoxy groups -OCH3 is 1. The maximum Gasteiger partial charge on any atom is 0.191 e. The third kappa shape index (κ3) is 6.90. The van der Waals surface area contributed by atoms with Gasteiger partial charge in [-0.05, 0) is 37.1 Å². The van der Waals surface area contributed by atoms with Crippen LogP contribution in [0.4, 0.5) is 0 Å². The minimum atomic E-state index is 0. The summed E-state index contributed by atoms with van der Waals surface area (Å²) in [6.07, 6.45) is 2.11. The summed E-state index contributed by atoms with van der Waals surface area (Å²) in [5.41, 5.74) is 1.39. The van der Waals surface area contributed by atoms with Crippen LogP contribution < -0.4 is 15.4 Å². The van der Waals surface area contributed by atoms with E-state index in [-0.39, 0.29) is 29.5 Å². The second-order valence-electron chi connectivity index (χ2n) is 7.31. The number of thioether (sulfide) groups is 1. The number of ether oxygens (including phenoxy) is 2. The van der Waals surface area contributed by atoms with E-state index in [1.807, 2.05) is 12.1 Å². The first-order valence-corrected chi connectivity index (χ1v) is 11.5. The van der Waals surface area contributed by atoms with Crippen molar-refractivity contribution >= 4 is 41.7 Å². The molecule has 1 aromatic carbocycles. The Kier molecular flexibility index (Phi) is 10.9. The molecule has 29 heavy (non-hydrogen) atoms. The second kappa shape index (κ2) is 12.9. The quantitative estimate of drug-likeness (QED) is 0.304. The standard InChI is InChI=1S/C21H34N4O2S.HI/c1-3-22-20(23-10-8-18-6-4-5-7-19(18)26-2)24-16-21(9-15-28-17-21)25-11-13-27-14-12-25;/h4-7H,3,8-17H2,1-2H3,(H2,22,23,24);1H. The van der Waals surface area contributed by atoms with Crippen LogP contribution in [-0.2, 0) is 11.2 Å².